The Labute approximate surface area is 212 Å². The number of alkyl halides is 5. The van der Waals surface area contributed by atoms with Crippen LogP contribution < -0.4 is 5.32 Å². The highest BCUT2D eigenvalue weighted by Gasteiger charge is 2.49. The minimum atomic E-state index is -4.15. The number of piperidine rings is 1. The van der Waals surface area contributed by atoms with E-state index < -0.39 is 19.0 Å². The summed E-state index contributed by atoms with van der Waals surface area (Å²) in [5.74, 6) is 0.589. The van der Waals surface area contributed by atoms with Gasteiger partial charge in [-0.1, -0.05) is 11.9 Å². The van der Waals surface area contributed by atoms with Crippen LogP contribution in [0.15, 0.2) is 18.3 Å². The lowest BCUT2D eigenvalue weighted by molar-refractivity contribution is -0.137. The first-order valence-electron chi connectivity index (χ1n) is 12.6. The molecule has 2 aliphatic heterocycles. The van der Waals surface area contributed by atoms with Crippen LogP contribution in [0.25, 0.3) is 10.9 Å². The van der Waals surface area contributed by atoms with Gasteiger partial charge in [0, 0.05) is 49.4 Å². The lowest BCUT2D eigenvalue weighted by atomic mass is 9.59. The van der Waals surface area contributed by atoms with Crippen LogP contribution in [0.3, 0.4) is 0 Å². The van der Waals surface area contributed by atoms with Crippen molar-refractivity contribution in [2.24, 2.45) is 5.41 Å². The fraction of sp³-hybridized carbons (Fsp3) is 0.680. The lowest BCUT2D eigenvalue weighted by Gasteiger charge is -2.46. The molecule has 11 heteroatoms. The predicted octanol–water partition coefficient (Wildman–Crippen LogP) is 6.24. The molecule has 3 aliphatic rings. The number of halogens is 5. The fourth-order valence-corrected chi connectivity index (χ4v) is 6.69. The summed E-state index contributed by atoms with van der Waals surface area (Å²) in [7, 11) is 0. The Hall–Kier alpha value is -1.72. The summed E-state index contributed by atoms with van der Waals surface area (Å²) in [6, 6.07) is 3.31. The van der Waals surface area contributed by atoms with Gasteiger partial charge >= 0.3 is 6.18 Å². The van der Waals surface area contributed by atoms with Gasteiger partial charge in [0.1, 0.15) is 0 Å². The van der Waals surface area contributed by atoms with E-state index >= 15 is 0 Å². The van der Waals surface area contributed by atoms with Crippen LogP contribution in [0.5, 0.6) is 0 Å². The number of anilines is 1. The van der Waals surface area contributed by atoms with Crippen molar-refractivity contribution in [1.29, 1.82) is 0 Å². The molecular weight excluding hydrogens is 497 g/mol. The minimum Gasteiger partial charge on any atom is -0.351 e. The van der Waals surface area contributed by atoms with Gasteiger partial charge in [-0.2, -0.15) is 13.2 Å². The van der Waals surface area contributed by atoms with Gasteiger partial charge in [0.15, 0.2) is 0 Å². The summed E-state index contributed by atoms with van der Waals surface area (Å²) < 4.78 is 67.6. The zero-order valence-corrected chi connectivity index (χ0v) is 21.1. The van der Waals surface area contributed by atoms with Crippen LogP contribution in [-0.2, 0) is 0 Å². The highest BCUT2D eigenvalue weighted by Crippen LogP contribution is 2.57. The van der Waals surface area contributed by atoms with Crippen LogP contribution in [0.2, 0.25) is 0 Å². The highest BCUT2D eigenvalue weighted by atomic mass is 32.2. The van der Waals surface area contributed by atoms with Gasteiger partial charge in [-0.15, -0.1) is 0 Å². The van der Waals surface area contributed by atoms with Crippen LogP contribution in [0, 0.1) is 5.41 Å². The largest absolute Gasteiger partial charge is 0.390 e. The molecule has 198 valence electrons. The normalized spacial score (nSPS) is 26.2. The summed E-state index contributed by atoms with van der Waals surface area (Å²) in [5, 5.41) is 4.03. The van der Waals surface area contributed by atoms with Crippen molar-refractivity contribution < 1.29 is 22.0 Å². The van der Waals surface area contributed by atoms with E-state index in [-0.39, 0.29) is 29.5 Å². The number of hydrogen-bond donors (Lipinski definition) is 1. The molecule has 5 nitrogen and oxygen atoms in total. The van der Waals surface area contributed by atoms with Crippen LogP contribution in [0.1, 0.15) is 62.0 Å². The minimum absolute atomic E-state index is 0.0250. The predicted molar refractivity (Wildman–Crippen MR) is 132 cm³/mol. The van der Waals surface area contributed by atoms with E-state index in [1.54, 1.807) is 24.2 Å². The SMILES string of the molecule is CSN1CCC(Nc2ncc3cc(C(F)F)cc(C4CC5(CCN(CCC(F)(F)F)C5)C4)c3n2)CC1. The van der Waals surface area contributed by atoms with Crippen molar-refractivity contribution in [3.63, 3.8) is 0 Å². The first-order chi connectivity index (χ1) is 17.1. The van der Waals surface area contributed by atoms with Crippen molar-refractivity contribution >= 4 is 28.8 Å². The molecule has 2 aromatic rings. The number of hydrogen-bond acceptors (Lipinski definition) is 6. The lowest BCUT2D eigenvalue weighted by Crippen LogP contribution is -2.39. The smallest absolute Gasteiger partial charge is 0.351 e. The van der Waals surface area contributed by atoms with Gasteiger partial charge in [-0.05, 0) is 73.9 Å². The summed E-state index contributed by atoms with van der Waals surface area (Å²) in [6.45, 7) is 3.30. The topological polar surface area (TPSA) is 44.3 Å². The molecule has 0 bridgehead atoms. The average molecular weight is 530 g/mol. The molecule has 0 unspecified atom stereocenters. The molecule has 0 radical (unpaired) electrons. The molecule has 36 heavy (non-hydrogen) atoms. The molecule has 1 spiro atoms. The Bertz CT molecular complexity index is 1070. The molecule has 0 amide bonds. The van der Waals surface area contributed by atoms with E-state index in [0.717, 1.165) is 50.8 Å². The van der Waals surface area contributed by atoms with Crippen molar-refractivity contribution in [3.8, 4) is 0 Å². The third-order valence-corrected chi connectivity index (χ3v) is 8.94. The number of rotatable bonds is 7. The zero-order valence-electron chi connectivity index (χ0n) is 20.3. The molecular formula is C25H32F5N5S. The van der Waals surface area contributed by atoms with E-state index in [1.165, 1.54) is 6.07 Å². The number of fused-ring (bicyclic) bond motifs is 1. The third kappa shape index (κ3) is 5.72. The Balaban J connectivity index is 1.32. The Morgan fingerprint density at radius 3 is 2.58 bits per heavy atom. The number of benzene rings is 1. The van der Waals surface area contributed by atoms with Gasteiger partial charge in [0.2, 0.25) is 5.95 Å². The number of nitrogens with one attached hydrogen (secondary N) is 1. The zero-order chi connectivity index (χ0) is 25.5. The van der Waals surface area contributed by atoms with E-state index in [4.69, 9.17) is 4.98 Å². The summed E-state index contributed by atoms with van der Waals surface area (Å²) in [4.78, 5) is 11.1. The van der Waals surface area contributed by atoms with Gasteiger partial charge in [-0.3, -0.25) is 4.31 Å². The van der Waals surface area contributed by atoms with Crippen molar-refractivity contribution in [1.82, 2.24) is 19.2 Å². The average Bonchev–Trinajstić information content (AvgIpc) is 3.26. The number of aromatic nitrogens is 2. The van der Waals surface area contributed by atoms with Gasteiger partial charge in [-0.25, -0.2) is 18.7 Å². The Morgan fingerprint density at radius 1 is 1.17 bits per heavy atom. The maximum Gasteiger partial charge on any atom is 0.390 e. The highest BCUT2D eigenvalue weighted by molar-refractivity contribution is 7.96. The summed E-state index contributed by atoms with van der Waals surface area (Å²) >= 11 is 1.75. The second-order valence-corrected chi connectivity index (χ2v) is 11.5. The van der Waals surface area contributed by atoms with Gasteiger partial charge in [0.05, 0.1) is 11.9 Å². The Morgan fingerprint density at radius 2 is 1.92 bits per heavy atom. The molecule has 3 fully saturated rings. The second-order valence-electron chi connectivity index (χ2n) is 10.6. The molecule has 5 rings (SSSR count). The first-order valence-corrected chi connectivity index (χ1v) is 13.7. The van der Waals surface area contributed by atoms with Crippen molar-refractivity contribution in [3.05, 3.63) is 29.5 Å². The first kappa shape index (κ1) is 25.9. The molecule has 3 heterocycles. The van der Waals surface area contributed by atoms with E-state index in [0.29, 0.717) is 29.9 Å². The maximum atomic E-state index is 13.7. The Kier molecular flexibility index (Phi) is 7.35. The number of nitrogens with zero attached hydrogens (tertiary/aromatic N) is 4. The van der Waals surface area contributed by atoms with Crippen LogP contribution >= 0.6 is 11.9 Å². The van der Waals surface area contributed by atoms with E-state index in [1.807, 2.05) is 4.90 Å². The molecule has 1 N–H and O–H groups in total. The second kappa shape index (κ2) is 10.2. The molecule has 1 aromatic heterocycles. The van der Waals surface area contributed by atoms with E-state index in [2.05, 4.69) is 20.9 Å². The van der Waals surface area contributed by atoms with Gasteiger partial charge < -0.3 is 10.2 Å². The summed E-state index contributed by atoms with van der Waals surface area (Å²) in [6.07, 6.45) is 0.557. The quantitative estimate of drug-likeness (QED) is 0.338. The maximum absolute atomic E-state index is 13.7. The monoisotopic (exact) mass is 529 g/mol. The third-order valence-electron chi connectivity index (χ3n) is 8.06. The summed E-state index contributed by atoms with van der Waals surface area (Å²) in [5.41, 5.74) is 1.45. The van der Waals surface area contributed by atoms with Gasteiger partial charge in [0.25, 0.3) is 6.43 Å². The molecule has 0 atom stereocenters. The standard InChI is InChI=1S/C25H32F5N5S/c1-36-35-6-2-19(3-7-35)32-23-31-14-17-10-16(22(26)27)11-20(21(17)33-23)18-12-24(13-18)4-8-34(15-24)9-5-25(28,29)30/h10-11,14,18-19,22H,2-9,12-13,15H2,1H3,(H,31,32,33). The van der Waals surface area contributed by atoms with Crippen molar-refractivity contribution in [2.45, 2.75) is 63.1 Å². The van der Waals surface area contributed by atoms with Crippen molar-refractivity contribution in [2.75, 3.05) is 44.3 Å². The van der Waals surface area contributed by atoms with Crippen LogP contribution in [-0.4, -0.2) is 70.4 Å². The fourth-order valence-electron chi connectivity index (χ4n) is 6.11. The molecule has 1 aromatic carbocycles. The molecule has 1 aliphatic carbocycles. The van der Waals surface area contributed by atoms with E-state index in [9.17, 15) is 22.0 Å². The molecule has 2 saturated heterocycles. The van der Waals surface area contributed by atoms with Crippen LogP contribution in [0.4, 0.5) is 27.9 Å². The molecule has 1 saturated carbocycles. The number of likely N-dealkylation sites (tertiary alicyclic amines) is 1.